The van der Waals surface area contributed by atoms with Crippen LogP contribution in [0.2, 0.25) is 0 Å². The molecule has 4 heteroatoms. The Morgan fingerprint density at radius 2 is 1.94 bits per heavy atom. The lowest BCUT2D eigenvalue weighted by atomic mass is 9.96. The van der Waals surface area contributed by atoms with E-state index in [1.807, 2.05) is 19.1 Å². The van der Waals surface area contributed by atoms with Crippen LogP contribution >= 0.6 is 0 Å². The second-order valence-electron chi connectivity index (χ2n) is 3.57. The second-order valence-corrected chi connectivity index (χ2v) is 3.57. The van der Waals surface area contributed by atoms with Crippen LogP contribution in [0, 0.1) is 34.0 Å². The standard InChI is InChI=1S/C13H11N3O.CH4/c1-10(4-5-14)12-8-11(9-16)2-3-13(12)17-7-6-15;/h2-3,8,10H,4,7H2,1H3;1H4. The van der Waals surface area contributed by atoms with Crippen LogP contribution < -0.4 is 4.74 Å². The predicted octanol–water partition coefficient (Wildman–Crippen LogP) is 3.11. The first kappa shape index (κ1) is 15.5. The highest BCUT2D eigenvalue weighted by Gasteiger charge is 2.12. The van der Waals surface area contributed by atoms with Crippen molar-refractivity contribution in [3.8, 4) is 24.0 Å². The third-order valence-corrected chi connectivity index (χ3v) is 2.36. The van der Waals surface area contributed by atoms with Gasteiger partial charge in [-0.2, -0.15) is 15.8 Å². The van der Waals surface area contributed by atoms with Crippen molar-refractivity contribution in [3.05, 3.63) is 29.3 Å². The van der Waals surface area contributed by atoms with Gasteiger partial charge in [0.1, 0.15) is 11.8 Å². The van der Waals surface area contributed by atoms with Crippen LogP contribution in [-0.4, -0.2) is 6.61 Å². The summed E-state index contributed by atoms with van der Waals surface area (Å²) >= 11 is 0. The van der Waals surface area contributed by atoms with Gasteiger partial charge in [-0.15, -0.1) is 0 Å². The molecule has 0 aromatic heterocycles. The Bertz CT molecular complexity index is 517. The molecule has 18 heavy (non-hydrogen) atoms. The summed E-state index contributed by atoms with van der Waals surface area (Å²) in [5, 5.41) is 26.0. The zero-order chi connectivity index (χ0) is 12.7. The minimum absolute atomic E-state index is 0. The fourth-order valence-corrected chi connectivity index (χ4v) is 1.49. The van der Waals surface area contributed by atoms with Gasteiger partial charge >= 0.3 is 0 Å². The fraction of sp³-hybridized carbons (Fsp3) is 0.357. The summed E-state index contributed by atoms with van der Waals surface area (Å²) < 4.78 is 5.27. The van der Waals surface area contributed by atoms with E-state index >= 15 is 0 Å². The molecule has 0 amide bonds. The lowest BCUT2D eigenvalue weighted by Crippen LogP contribution is -2.01. The van der Waals surface area contributed by atoms with Gasteiger partial charge in [0.05, 0.1) is 17.7 Å². The maximum Gasteiger partial charge on any atom is 0.174 e. The average Bonchev–Trinajstić information content (AvgIpc) is 2.36. The van der Waals surface area contributed by atoms with Crippen molar-refractivity contribution < 1.29 is 4.74 Å². The van der Waals surface area contributed by atoms with Crippen LogP contribution in [-0.2, 0) is 0 Å². The highest BCUT2D eigenvalue weighted by Crippen LogP contribution is 2.29. The lowest BCUT2D eigenvalue weighted by molar-refractivity contribution is 0.361. The molecule has 1 rings (SSSR count). The summed E-state index contributed by atoms with van der Waals surface area (Å²) in [6, 6.07) is 11.0. The zero-order valence-corrected chi connectivity index (χ0v) is 9.47. The number of benzene rings is 1. The monoisotopic (exact) mass is 241 g/mol. The summed E-state index contributed by atoms with van der Waals surface area (Å²) in [6.07, 6.45) is 0.345. The van der Waals surface area contributed by atoms with E-state index < -0.39 is 0 Å². The lowest BCUT2D eigenvalue weighted by Gasteiger charge is -2.13. The van der Waals surface area contributed by atoms with E-state index in [1.165, 1.54) is 0 Å². The topological polar surface area (TPSA) is 80.6 Å². The van der Waals surface area contributed by atoms with E-state index in [4.69, 9.17) is 20.5 Å². The Kier molecular flexibility index (Phi) is 6.64. The molecule has 1 aromatic carbocycles. The molecule has 0 heterocycles. The van der Waals surface area contributed by atoms with Gasteiger partial charge in [0.25, 0.3) is 0 Å². The van der Waals surface area contributed by atoms with Crippen molar-refractivity contribution >= 4 is 0 Å². The first-order valence-corrected chi connectivity index (χ1v) is 5.13. The highest BCUT2D eigenvalue weighted by atomic mass is 16.5. The molecule has 0 aliphatic heterocycles. The Labute approximate surface area is 108 Å². The van der Waals surface area contributed by atoms with Crippen molar-refractivity contribution in [3.63, 3.8) is 0 Å². The normalized spacial score (nSPS) is 10.1. The second kappa shape index (κ2) is 7.71. The molecule has 0 aliphatic carbocycles. The SMILES string of the molecule is C.CC(CC#N)c1cc(C#N)ccc1OCC#N. The third-order valence-electron chi connectivity index (χ3n) is 2.36. The molecule has 1 unspecified atom stereocenters. The molecule has 0 saturated carbocycles. The molecular formula is C14H15N3O. The summed E-state index contributed by atoms with van der Waals surface area (Å²) in [5.41, 5.74) is 1.31. The molecule has 0 radical (unpaired) electrons. The maximum absolute atomic E-state index is 8.83. The number of rotatable bonds is 4. The zero-order valence-electron chi connectivity index (χ0n) is 9.47. The van der Waals surface area contributed by atoms with Crippen LogP contribution in [0.3, 0.4) is 0 Å². The summed E-state index contributed by atoms with van der Waals surface area (Å²) in [7, 11) is 0. The Balaban J connectivity index is 0.00000289. The molecule has 0 bridgehead atoms. The van der Waals surface area contributed by atoms with Crippen molar-refractivity contribution in [1.82, 2.24) is 0 Å². The van der Waals surface area contributed by atoms with E-state index in [0.29, 0.717) is 17.7 Å². The average molecular weight is 241 g/mol. The molecule has 0 fully saturated rings. The first-order chi connectivity index (χ1) is 8.22. The highest BCUT2D eigenvalue weighted by molar-refractivity contribution is 5.44. The van der Waals surface area contributed by atoms with Gasteiger partial charge in [0.2, 0.25) is 0 Å². The number of hydrogen-bond acceptors (Lipinski definition) is 4. The summed E-state index contributed by atoms with van der Waals surface area (Å²) in [4.78, 5) is 0. The van der Waals surface area contributed by atoms with Gasteiger partial charge in [0.15, 0.2) is 6.61 Å². The molecule has 4 nitrogen and oxygen atoms in total. The summed E-state index contributed by atoms with van der Waals surface area (Å²) in [5.74, 6) is 0.537. The molecular weight excluding hydrogens is 226 g/mol. The van der Waals surface area contributed by atoms with Crippen LogP contribution in [0.15, 0.2) is 18.2 Å². The largest absolute Gasteiger partial charge is 0.478 e. The fourth-order valence-electron chi connectivity index (χ4n) is 1.49. The Hall–Kier alpha value is -2.51. The van der Waals surface area contributed by atoms with Gasteiger partial charge in [-0.3, -0.25) is 0 Å². The van der Waals surface area contributed by atoms with Crippen LogP contribution in [0.5, 0.6) is 5.75 Å². The quantitative estimate of drug-likeness (QED) is 0.811. The van der Waals surface area contributed by atoms with Crippen molar-refractivity contribution in [2.24, 2.45) is 0 Å². The maximum atomic E-state index is 8.83. The van der Waals surface area contributed by atoms with Crippen molar-refractivity contribution in [2.75, 3.05) is 6.61 Å². The van der Waals surface area contributed by atoms with Crippen LogP contribution in [0.1, 0.15) is 37.8 Å². The molecule has 92 valence electrons. The Morgan fingerprint density at radius 1 is 1.22 bits per heavy atom. The van der Waals surface area contributed by atoms with Crippen LogP contribution in [0.4, 0.5) is 0 Å². The smallest absolute Gasteiger partial charge is 0.174 e. The molecule has 1 aromatic rings. The number of nitrogens with zero attached hydrogens (tertiary/aromatic N) is 3. The van der Waals surface area contributed by atoms with E-state index in [9.17, 15) is 0 Å². The molecule has 0 saturated heterocycles. The first-order valence-electron chi connectivity index (χ1n) is 5.13. The summed E-state index contributed by atoms with van der Waals surface area (Å²) in [6.45, 7) is 1.84. The molecule has 1 atom stereocenters. The third kappa shape index (κ3) is 3.81. The molecule has 0 aliphatic rings. The number of ether oxygens (including phenoxy) is 1. The van der Waals surface area contributed by atoms with Gasteiger partial charge < -0.3 is 4.74 Å². The van der Waals surface area contributed by atoms with Crippen molar-refractivity contribution in [1.29, 1.82) is 15.8 Å². The van der Waals surface area contributed by atoms with E-state index in [-0.39, 0.29) is 20.0 Å². The van der Waals surface area contributed by atoms with E-state index in [1.54, 1.807) is 18.2 Å². The van der Waals surface area contributed by atoms with E-state index in [2.05, 4.69) is 6.07 Å². The minimum atomic E-state index is -0.0435. The van der Waals surface area contributed by atoms with Crippen molar-refractivity contribution in [2.45, 2.75) is 26.7 Å². The molecule has 0 N–H and O–H groups in total. The Morgan fingerprint density at radius 3 is 2.50 bits per heavy atom. The predicted molar refractivity (Wildman–Crippen MR) is 67.6 cm³/mol. The van der Waals surface area contributed by atoms with Crippen LogP contribution in [0.25, 0.3) is 0 Å². The number of hydrogen-bond donors (Lipinski definition) is 0. The van der Waals surface area contributed by atoms with Gasteiger partial charge in [0, 0.05) is 6.42 Å². The van der Waals surface area contributed by atoms with E-state index in [0.717, 1.165) is 5.56 Å². The molecule has 0 spiro atoms. The van der Waals surface area contributed by atoms with Gasteiger partial charge in [-0.05, 0) is 29.7 Å². The van der Waals surface area contributed by atoms with Gasteiger partial charge in [-0.1, -0.05) is 14.4 Å². The van der Waals surface area contributed by atoms with Gasteiger partial charge in [-0.25, -0.2) is 0 Å². The minimum Gasteiger partial charge on any atom is -0.478 e. The number of nitriles is 3.